The van der Waals surface area contributed by atoms with E-state index in [1.54, 1.807) is 0 Å². The van der Waals surface area contributed by atoms with Crippen LogP contribution < -0.4 is 5.32 Å². The average molecular weight is 192 g/mol. The van der Waals surface area contributed by atoms with E-state index in [1.165, 1.54) is 19.3 Å². The summed E-state index contributed by atoms with van der Waals surface area (Å²) in [5, 5.41) is 12.9. The molecular formula is C9H18ClNO. The highest BCUT2D eigenvalue weighted by Gasteiger charge is 2.30. The first-order valence-electron chi connectivity index (χ1n) is 4.78. The van der Waals surface area contributed by atoms with Gasteiger partial charge in [-0.2, -0.15) is 0 Å². The van der Waals surface area contributed by atoms with Crippen molar-refractivity contribution in [2.45, 2.75) is 44.2 Å². The normalized spacial score (nSPS) is 41.2. The lowest BCUT2D eigenvalue weighted by Gasteiger charge is -2.38. The van der Waals surface area contributed by atoms with Gasteiger partial charge in [-0.05, 0) is 44.6 Å². The van der Waals surface area contributed by atoms with Crippen molar-refractivity contribution in [2.75, 3.05) is 6.54 Å². The summed E-state index contributed by atoms with van der Waals surface area (Å²) in [5.74, 6) is 0.868. The minimum Gasteiger partial charge on any atom is -0.393 e. The highest BCUT2D eigenvalue weighted by Crippen LogP contribution is 2.30. The van der Waals surface area contributed by atoms with E-state index in [-0.39, 0.29) is 18.5 Å². The highest BCUT2D eigenvalue weighted by atomic mass is 35.5. The molecule has 3 heteroatoms. The molecule has 2 nitrogen and oxygen atoms in total. The number of aliphatic hydroxyl groups is 1. The molecule has 2 aliphatic rings. The molecule has 1 aliphatic heterocycles. The van der Waals surface area contributed by atoms with Crippen molar-refractivity contribution in [1.82, 2.24) is 5.32 Å². The fourth-order valence-electron chi connectivity index (χ4n) is 2.46. The van der Waals surface area contributed by atoms with Gasteiger partial charge in [0.2, 0.25) is 0 Å². The second kappa shape index (κ2) is 4.45. The molecule has 2 N–H and O–H groups in total. The van der Waals surface area contributed by atoms with Crippen LogP contribution >= 0.6 is 12.4 Å². The molecule has 1 aliphatic carbocycles. The molecule has 0 amide bonds. The molecule has 72 valence electrons. The number of hydrogen-bond donors (Lipinski definition) is 2. The summed E-state index contributed by atoms with van der Waals surface area (Å²) < 4.78 is 0. The molecule has 0 aromatic carbocycles. The van der Waals surface area contributed by atoms with Crippen molar-refractivity contribution in [3.05, 3.63) is 0 Å². The summed E-state index contributed by atoms with van der Waals surface area (Å²) in [6.07, 6.45) is 5.94. The van der Waals surface area contributed by atoms with Crippen molar-refractivity contribution in [1.29, 1.82) is 0 Å². The Kier molecular flexibility index (Phi) is 3.81. The summed E-state index contributed by atoms with van der Waals surface area (Å²) in [5.41, 5.74) is 0. The maximum Gasteiger partial charge on any atom is 0.0555 e. The van der Waals surface area contributed by atoms with E-state index < -0.39 is 0 Å². The smallest absolute Gasteiger partial charge is 0.0555 e. The number of halogens is 1. The Morgan fingerprint density at radius 3 is 2.83 bits per heavy atom. The van der Waals surface area contributed by atoms with Crippen LogP contribution in [0, 0.1) is 5.92 Å². The van der Waals surface area contributed by atoms with E-state index >= 15 is 0 Å². The molecule has 12 heavy (non-hydrogen) atoms. The van der Waals surface area contributed by atoms with Gasteiger partial charge >= 0.3 is 0 Å². The molecular weight excluding hydrogens is 174 g/mol. The average Bonchev–Trinajstić information content (AvgIpc) is 2.04. The molecule has 3 atom stereocenters. The lowest BCUT2D eigenvalue weighted by molar-refractivity contribution is 0.0711. The molecule has 0 aromatic rings. The standard InChI is InChI=1S/C9H17NO.ClH/c11-8-4-3-7-2-1-5-10-9(7)6-8;/h7-11H,1-6H2;1H. The molecule has 0 radical (unpaired) electrons. The Labute approximate surface area is 80.1 Å². The van der Waals surface area contributed by atoms with Crippen molar-refractivity contribution in [3.63, 3.8) is 0 Å². The second-order valence-electron chi connectivity index (χ2n) is 3.93. The SMILES string of the molecule is Cl.OC1CCC2CCCNC2C1. The van der Waals surface area contributed by atoms with Crippen molar-refractivity contribution >= 4 is 12.4 Å². The van der Waals surface area contributed by atoms with Crippen LogP contribution in [0.4, 0.5) is 0 Å². The number of aliphatic hydroxyl groups excluding tert-OH is 1. The first-order chi connectivity index (χ1) is 5.36. The van der Waals surface area contributed by atoms with E-state index in [4.69, 9.17) is 0 Å². The third kappa shape index (κ3) is 2.12. The van der Waals surface area contributed by atoms with Gasteiger partial charge in [-0.3, -0.25) is 0 Å². The Bertz CT molecular complexity index is 142. The zero-order chi connectivity index (χ0) is 7.68. The third-order valence-electron chi connectivity index (χ3n) is 3.12. The van der Waals surface area contributed by atoms with Crippen molar-refractivity contribution in [2.24, 2.45) is 5.92 Å². The van der Waals surface area contributed by atoms with Crippen molar-refractivity contribution in [3.8, 4) is 0 Å². The van der Waals surface area contributed by atoms with Gasteiger partial charge in [-0.1, -0.05) is 0 Å². The Morgan fingerprint density at radius 1 is 1.17 bits per heavy atom. The lowest BCUT2D eigenvalue weighted by Crippen LogP contribution is -2.46. The zero-order valence-corrected chi connectivity index (χ0v) is 8.15. The van der Waals surface area contributed by atoms with Gasteiger partial charge < -0.3 is 10.4 Å². The minimum absolute atomic E-state index is 0. The Hall–Kier alpha value is 0.210. The van der Waals surface area contributed by atoms with Gasteiger partial charge in [0.05, 0.1) is 6.10 Å². The van der Waals surface area contributed by atoms with E-state index in [0.29, 0.717) is 6.04 Å². The maximum absolute atomic E-state index is 9.41. The minimum atomic E-state index is -0.0261. The largest absolute Gasteiger partial charge is 0.393 e. The third-order valence-corrected chi connectivity index (χ3v) is 3.12. The summed E-state index contributed by atoms with van der Waals surface area (Å²) in [7, 11) is 0. The quantitative estimate of drug-likeness (QED) is 0.606. The fourth-order valence-corrected chi connectivity index (χ4v) is 2.46. The first kappa shape index (κ1) is 10.3. The van der Waals surface area contributed by atoms with Crippen LogP contribution in [-0.2, 0) is 0 Å². The summed E-state index contributed by atoms with van der Waals surface area (Å²) >= 11 is 0. The van der Waals surface area contributed by atoms with Gasteiger partial charge in [0, 0.05) is 6.04 Å². The maximum atomic E-state index is 9.41. The van der Waals surface area contributed by atoms with Gasteiger partial charge in [-0.15, -0.1) is 12.4 Å². The van der Waals surface area contributed by atoms with Crippen LogP contribution in [0.1, 0.15) is 32.1 Å². The van der Waals surface area contributed by atoms with Gasteiger partial charge in [-0.25, -0.2) is 0 Å². The molecule has 3 unspecified atom stereocenters. The molecule has 1 heterocycles. The van der Waals surface area contributed by atoms with Crippen LogP contribution in [0.3, 0.4) is 0 Å². The van der Waals surface area contributed by atoms with Gasteiger partial charge in [0.1, 0.15) is 0 Å². The topological polar surface area (TPSA) is 32.3 Å². The Balaban J connectivity index is 0.000000720. The predicted molar refractivity (Wildman–Crippen MR) is 51.6 cm³/mol. The number of piperidine rings is 1. The van der Waals surface area contributed by atoms with Crippen molar-refractivity contribution < 1.29 is 5.11 Å². The summed E-state index contributed by atoms with van der Waals surface area (Å²) in [6, 6.07) is 0.632. The molecule has 2 rings (SSSR count). The number of rotatable bonds is 0. The number of nitrogens with one attached hydrogen (secondary N) is 1. The van der Waals surface area contributed by atoms with E-state index in [1.807, 2.05) is 0 Å². The van der Waals surface area contributed by atoms with Crippen LogP contribution in [-0.4, -0.2) is 23.8 Å². The van der Waals surface area contributed by atoms with Crippen LogP contribution in [0.5, 0.6) is 0 Å². The van der Waals surface area contributed by atoms with E-state index in [2.05, 4.69) is 5.32 Å². The number of fused-ring (bicyclic) bond motifs is 1. The van der Waals surface area contributed by atoms with Crippen LogP contribution in [0.15, 0.2) is 0 Å². The van der Waals surface area contributed by atoms with E-state index in [9.17, 15) is 5.11 Å². The highest BCUT2D eigenvalue weighted by molar-refractivity contribution is 5.85. The summed E-state index contributed by atoms with van der Waals surface area (Å²) in [6.45, 7) is 1.16. The predicted octanol–water partition coefficient (Wildman–Crippen LogP) is 1.32. The van der Waals surface area contributed by atoms with E-state index in [0.717, 1.165) is 25.3 Å². The van der Waals surface area contributed by atoms with Crippen LogP contribution in [0.25, 0.3) is 0 Å². The Morgan fingerprint density at radius 2 is 2.00 bits per heavy atom. The summed E-state index contributed by atoms with van der Waals surface area (Å²) in [4.78, 5) is 0. The molecule has 0 aromatic heterocycles. The van der Waals surface area contributed by atoms with Gasteiger partial charge in [0.25, 0.3) is 0 Å². The fraction of sp³-hybridized carbons (Fsp3) is 1.00. The lowest BCUT2D eigenvalue weighted by atomic mass is 9.78. The molecule has 0 bridgehead atoms. The molecule has 1 saturated carbocycles. The molecule has 1 saturated heterocycles. The first-order valence-corrected chi connectivity index (χ1v) is 4.78. The monoisotopic (exact) mass is 191 g/mol. The zero-order valence-electron chi connectivity index (χ0n) is 7.33. The molecule has 2 fully saturated rings. The number of hydrogen-bond acceptors (Lipinski definition) is 2. The van der Waals surface area contributed by atoms with Gasteiger partial charge in [0.15, 0.2) is 0 Å². The van der Waals surface area contributed by atoms with Crippen LogP contribution in [0.2, 0.25) is 0 Å². The second-order valence-corrected chi connectivity index (χ2v) is 3.93. The molecule has 0 spiro atoms.